The van der Waals surface area contributed by atoms with Gasteiger partial charge in [-0.05, 0) is 12.3 Å². The van der Waals surface area contributed by atoms with Crippen LogP contribution in [-0.2, 0) is 0 Å². The summed E-state index contributed by atoms with van der Waals surface area (Å²) in [4.78, 5) is 3.93. The van der Waals surface area contributed by atoms with Crippen LogP contribution in [0.1, 0.15) is 31.9 Å². The molecular formula is C7H13N3. The molecule has 0 saturated carbocycles. The normalized spacial score (nSPS) is 13.4. The molecule has 10 heavy (non-hydrogen) atoms. The van der Waals surface area contributed by atoms with Crippen molar-refractivity contribution in [3.8, 4) is 0 Å². The van der Waals surface area contributed by atoms with Crippen LogP contribution in [0.2, 0.25) is 0 Å². The summed E-state index contributed by atoms with van der Waals surface area (Å²) in [6.45, 7) is 4.28. The molecule has 2 N–H and O–H groups in total. The van der Waals surface area contributed by atoms with Crippen LogP contribution >= 0.6 is 0 Å². The highest BCUT2D eigenvalue weighted by molar-refractivity contribution is 5.04. The molecule has 0 fully saturated rings. The summed E-state index contributed by atoms with van der Waals surface area (Å²) in [6, 6.07) is 0. The Morgan fingerprint density at radius 1 is 1.80 bits per heavy atom. The second kappa shape index (κ2) is 2.73. The van der Waals surface area contributed by atoms with Crippen molar-refractivity contribution in [2.24, 2.45) is 0 Å². The van der Waals surface area contributed by atoms with Gasteiger partial charge in [-0.1, -0.05) is 13.8 Å². The van der Waals surface area contributed by atoms with Crippen LogP contribution < -0.4 is 5.84 Å². The van der Waals surface area contributed by atoms with Gasteiger partial charge in [0, 0.05) is 0 Å². The van der Waals surface area contributed by atoms with E-state index in [0.29, 0.717) is 5.92 Å². The SMILES string of the molecule is CCC(C)c1cncn1N. The number of nitrogen functional groups attached to an aromatic ring is 1. The van der Waals surface area contributed by atoms with Crippen molar-refractivity contribution in [1.29, 1.82) is 0 Å². The number of hydrogen-bond donors (Lipinski definition) is 1. The molecule has 3 nitrogen and oxygen atoms in total. The van der Waals surface area contributed by atoms with E-state index in [1.54, 1.807) is 11.0 Å². The van der Waals surface area contributed by atoms with Gasteiger partial charge in [-0.25, -0.2) is 4.98 Å². The van der Waals surface area contributed by atoms with Crippen LogP contribution in [-0.4, -0.2) is 9.66 Å². The van der Waals surface area contributed by atoms with Crippen LogP contribution in [0.5, 0.6) is 0 Å². The molecular weight excluding hydrogens is 126 g/mol. The van der Waals surface area contributed by atoms with Crippen molar-refractivity contribution in [1.82, 2.24) is 9.66 Å². The van der Waals surface area contributed by atoms with E-state index in [-0.39, 0.29) is 0 Å². The molecule has 1 atom stereocenters. The molecule has 0 saturated heterocycles. The van der Waals surface area contributed by atoms with Gasteiger partial charge in [0.15, 0.2) is 0 Å². The lowest BCUT2D eigenvalue weighted by molar-refractivity contribution is 0.680. The Morgan fingerprint density at radius 2 is 2.50 bits per heavy atom. The van der Waals surface area contributed by atoms with Crippen molar-refractivity contribution in [3.05, 3.63) is 18.2 Å². The van der Waals surface area contributed by atoms with E-state index in [0.717, 1.165) is 12.1 Å². The Labute approximate surface area is 60.8 Å². The minimum absolute atomic E-state index is 0.507. The first-order valence-corrected chi connectivity index (χ1v) is 3.53. The number of rotatable bonds is 2. The first-order valence-electron chi connectivity index (χ1n) is 3.53. The molecule has 1 aromatic rings. The lowest BCUT2D eigenvalue weighted by Gasteiger charge is -2.07. The minimum Gasteiger partial charge on any atom is -0.338 e. The molecule has 1 aromatic heterocycles. The zero-order chi connectivity index (χ0) is 7.56. The Hall–Kier alpha value is -0.990. The lowest BCUT2D eigenvalue weighted by atomic mass is 10.1. The quantitative estimate of drug-likeness (QED) is 0.624. The summed E-state index contributed by atoms with van der Waals surface area (Å²) >= 11 is 0. The lowest BCUT2D eigenvalue weighted by Crippen LogP contribution is -2.12. The molecule has 0 radical (unpaired) electrons. The van der Waals surface area contributed by atoms with Crippen LogP contribution in [0.15, 0.2) is 12.5 Å². The second-order valence-corrected chi connectivity index (χ2v) is 2.54. The third-order valence-electron chi connectivity index (χ3n) is 1.81. The van der Waals surface area contributed by atoms with Gasteiger partial charge < -0.3 is 5.84 Å². The van der Waals surface area contributed by atoms with Crippen molar-refractivity contribution < 1.29 is 0 Å². The molecule has 3 heteroatoms. The number of hydrogen-bond acceptors (Lipinski definition) is 2. The van der Waals surface area contributed by atoms with Crippen LogP contribution in [0, 0.1) is 0 Å². The Morgan fingerprint density at radius 3 is 2.90 bits per heavy atom. The molecule has 0 aliphatic rings. The predicted octanol–water partition coefficient (Wildman–Crippen LogP) is 1.11. The van der Waals surface area contributed by atoms with Gasteiger partial charge in [-0.15, -0.1) is 0 Å². The maximum absolute atomic E-state index is 5.57. The molecule has 0 spiro atoms. The standard InChI is InChI=1S/C7H13N3/c1-3-6(2)7-4-9-5-10(7)8/h4-6H,3,8H2,1-2H3. The highest BCUT2D eigenvalue weighted by atomic mass is 15.3. The highest BCUT2D eigenvalue weighted by Gasteiger charge is 2.05. The molecule has 1 unspecified atom stereocenters. The summed E-state index contributed by atoms with van der Waals surface area (Å²) < 4.78 is 1.58. The number of nitrogens with zero attached hydrogens (tertiary/aromatic N) is 2. The van der Waals surface area contributed by atoms with Gasteiger partial charge in [0.1, 0.15) is 6.33 Å². The molecule has 0 aliphatic heterocycles. The first kappa shape index (κ1) is 7.12. The Kier molecular flexibility index (Phi) is 1.94. The third-order valence-corrected chi connectivity index (χ3v) is 1.81. The number of nitrogens with two attached hydrogens (primary N) is 1. The maximum atomic E-state index is 5.57. The van der Waals surface area contributed by atoms with Gasteiger partial charge in [-0.2, -0.15) is 0 Å². The van der Waals surface area contributed by atoms with E-state index in [9.17, 15) is 0 Å². The Balaban J connectivity index is 2.82. The monoisotopic (exact) mass is 139 g/mol. The summed E-state index contributed by atoms with van der Waals surface area (Å²) in [6.07, 6.45) is 4.54. The van der Waals surface area contributed by atoms with E-state index in [1.165, 1.54) is 0 Å². The summed E-state index contributed by atoms with van der Waals surface area (Å²) in [5.41, 5.74) is 1.10. The molecule has 0 aliphatic carbocycles. The average molecular weight is 139 g/mol. The van der Waals surface area contributed by atoms with E-state index >= 15 is 0 Å². The van der Waals surface area contributed by atoms with Gasteiger partial charge >= 0.3 is 0 Å². The van der Waals surface area contributed by atoms with Crippen molar-refractivity contribution in [2.75, 3.05) is 5.84 Å². The van der Waals surface area contributed by atoms with Crippen molar-refractivity contribution in [3.63, 3.8) is 0 Å². The maximum Gasteiger partial charge on any atom is 0.114 e. The minimum atomic E-state index is 0.507. The fourth-order valence-electron chi connectivity index (χ4n) is 0.906. The van der Waals surface area contributed by atoms with Gasteiger partial charge in [0.2, 0.25) is 0 Å². The van der Waals surface area contributed by atoms with E-state index < -0.39 is 0 Å². The smallest absolute Gasteiger partial charge is 0.114 e. The van der Waals surface area contributed by atoms with Crippen LogP contribution in [0.4, 0.5) is 0 Å². The zero-order valence-corrected chi connectivity index (χ0v) is 6.41. The summed E-state index contributed by atoms with van der Waals surface area (Å²) in [5.74, 6) is 6.08. The van der Waals surface area contributed by atoms with E-state index in [2.05, 4.69) is 18.8 Å². The molecule has 0 amide bonds. The fourth-order valence-corrected chi connectivity index (χ4v) is 0.906. The Bertz CT molecular complexity index is 204. The number of imidazole rings is 1. The van der Waals surface area contributed by atoms with Crippen LogP contribution in [0.25, 0.3) is 0 Å². The first-order chi connectivity index (χ1) is 4.75. The highest BCUT2D eigenvalue weighted by Crippen LogP contribution is 2.15. The van der Waals surface area contributed by atoms with Gasteiger partial charge in [0.25, 0.3) is 0 Å². The van der Waals surface area contributed by atoms with Crippen molar-refractivity contribution in [2.45, 2.75) is 26.2 Å². The molecule has 0 bridgehead atoms. The second-order valence-electron chi connectivity index (χ2n) is 2.54. The molecule has 56 valence electrons. The average Bonchev–Trinajstić information content (AvgIpc) is 2.34. The van der Waals surface area contributed by atoms with Crippen molar-refractivity contribution >= 4 is 0 Å². The van der Waals surface area contributed by atoms with E-state index in [1.807, 2.05) is 6.20 Å². The largest absolute Gasteiger partial charge is 0.338 e. The predicted molar refractivity (Wildman–Crippen MR) is 41.1 cm³/mol. The summed E-state index contributed by atoms with van der Waals surface area (Å²) in [7, 11) is 0. The van der Waals surface area contributed by atoms with E-state index in [4.69, 9.17) is 5.84 Å². The molecule has 1 heterocycles. The summed E-state index contributed by atoms with van der Waals surface area (Å²) in [5, 5.41) is 0. The topological polar surface area (TPSA) is 43.8 Å². The molecule has 0 aromatic carbocycles. The third kappa shape index (κ3) is 1.12. The van der Waals surface area contributed by atoms with Gasteiger partial charge in [0.05, 0.1) is 11.9 Å². The molecule has 1 rings (SSSR count). The zero-order valence-electron chi connectivity index (χ0n) is 6.41. The fraction of sp³-hybridized carbons (Fsp3) is 0.571. The van der Waals surface area contributed by atoms with Crippen LogP contribution in [0.3, 0.4) is 0 Å². The number of aromatic nitrogens is 2. The van der Waals surface area contributed by atoms with Gasteiger partial charge in [-0.3, -0.25) is 4.68 Å².